The van der Waals surface area contributed by atoms with Crippen LogP contribution in [0.4, 0.5) is 0 Å². The van der Waals surface area contributed by atoms with Gasteiger partial charge in [-0.3, -0.25) is 9.59 Å². The minimum atomic E-state index is -0.0627. The van der Waals surface area contributed by atoms with Crippen molar-refractivity contribution in [3.63, 3.8) is 0 Å². The van der Waals surface area contributed by atoms with Crippen LogP contribution < -0.4 is 20.6 Å². The molecule has 0 aliphatic heterocycles. The SMILES string of the molecule is CCCCC(CC)COc1c2cc(-c3sc(-c4cc5c(cc(-c6cc(CC(CC)CCCC)c(-c7ccccc7)s6)c(=O)n5C)n(C)c4=O)cc3CC(CC)CCCC)sc2c(OCC(CC)CCCC)c2cc(-c3ccccc3)sc12. The third kappa shape index (κ3) is 13.6. The van der Waals surface area contributed by atoms with E-state index in [2.05, 4.69) is 140 Å². The molecule has 0 saturated heterocycles. The molecule has 0 aliphatic carbocycles. The van der Waals surface area contributed by atoms with Gasteiger partial charge in [-0.05, 0) is 108 Å². The summed E-state index contributed by atoms with van der Waals surface area (Å²) in [5.41, 5.74) is 7.59. The lowest BCUT2D eigenvalue weighted by molar-refractivity contribution is 0.235. The number of fused-ring (bicyclic) bond motifs is 3. The Morgan fingerprint density at radius 1 is 0.427 bits per heavy atom. The fourth-order valence-corrected chi connectivity index (χ4v) is 16.9. The van der Waals surface area contributed by atoms with Gasteiger partial charge in [0.2, 0.25) is 0 Å². The Bertz CT molecular complexity index is 3570. The standard InChI is InChI=1S/C72H90N2O4S4/c1-11-19-29-47(15-5)37-53-39-62(80-67(53)52-35-27-24-28-36-52)55-41-59-60(73(9)71(55)75)42-56(72(76)74(59)10)63-40-54(38-48(16-6)30-20-12-2)68(81-63)64-44-58-66(78-46-50(18-8)32-22-14-4)69-57(43-61(79-69)51-33-25-23-26-34-51)65(70(58)82-64)77-45-49(17-7)31-21-13-3/h23-28,33-36,39-44,47-50H,11-22,29-32,37-38,45-46H2,1-10H3. The molecule has 6 nitrogen and oxygen atoms in total. The molecular weight excluding hydrogens is 1090 g/mol. The summed E-state index contributed by atoms with van der Waals surface area (Å²) >= 11 is 7.07. The first-order valence-electron chi connectivity index (χ1n) is 31.4. The van der Waals surface area contributed by atoms with Gasteiger partial charge in [-0.15, -0.1) is 45.3 Å². The molecule has 0 fully saturated rings. The molecule has 0 bridgehead atoms. The van der Waals surface area contributed by atoms with E-state index < -0.39 is 0 Å². The van der Waals surface area contributed by atoms with Crippen molar-refractivity contribution in [3.8, 4) is 63.0 Å². The van der Waals surface area contributed by atoms with Crippen LogP contribution in [0.2, 0.25) is 0 Å². The zero-order chi connectivity index (χ0) is 57.9. The number of nitrogens with zero attached hydrogens (tertiary/aromatic N) is 2. The largest absolute Gasteiger partial charge is 0.491 e. The van der Waals surface area contributed by atoms with Crippen molar-refractivity contribution in [1.29, 1.82) is 0 Å². The van der Waals surface area contributed by atoms with E-state index in [1.807, 2.05) is 48.9 Å². The normalized spacial score (nSPS) is 13.4. The van der Waals surface area contributed by atoms with E-state index in [0.29, 0.717) is 48.0 Å². The molecule has 3 aromatic carbocycles. The summed E-state index contributed by atoms with van der Waals surface area (Å²) in [5.74, 6) is 3.92. The summed E-state index contributed by atoms with van der Waals surface area (Å²) in [6.07, 6.45) is 20.4. The minimum absolute atomic E-state index is 0.0554. The number of rotatable bonds is 31. The highest BCUT2D eigenvalue weighted by Gasteiger charge is 2.28. The predicted molar refractivity (Wildman–Crippen MR) is 360 cm³/mol. The molecule has 0 spiro atoms. The van der Waals surface area contributed by atoms with Crippen LogP contribution in [0.1, 0.15) is 169 Å². The second-order valence-electron chi connectivity index (χ2n) is 23.3. The van der Waals surface area contributed by atoms with Gasteiger partial charge < -0.3 is 18.6 Å². The first-order chi connectivity index (χ1) is 40.0. The van der Waals surface area contributed by atoms with Crippen molar-refractivity contribution >= 4 is 76.6 Å². The average Bonchev–Trinajstić information content (AvgIpc) is 3.45. The second kappa shape index (κ2) is 29.0. The van der Waals surface area contributed by atoms with E-state index in [1.165, 1.54) is 93.1 Å². The van der Waals surface area contributed by atoms with Crippen molar-refractivity contribution in [2.75, 3.05) is 13.2 Å². The predicted octanol–water partition coefficient (Wildman–Crippen LogP) is 21.8. The van der Waals surface area contributed by atoms with Gasteiger partial charge in [0, 0.05) is 54.1 Å². The van der Waals surface area contributed by atoms with Crippen LogP contribution in [-0.2, 0) is 26.9 Å². The molecule has 0 saturated carbocycles. The molecule has 0 N–H and O–H groups in total. The molecule has 436 valence electrons. The molecular formula is C72H90N2O4S4. The van der Waals surface area contributed by atoms with Gasteiger partial charge in [-0.2, -0.15) is 0 Å². The lowest BCUT2D eigenvalue weighted by atomic mass is 9.91. The Balaban J connectivity index is 1.20. The summed E-state index contributed by atoms with van der Waals surface area (Å²) in [6, 6.07) is 34.7. The number of unbranched alkanes of at least 4 members (excludes halogenated alkanes) is 4. The highest BCUT2D eigenvalue weighted by Crippen LogP contribution is 2.54. The smallest absolute Gasteiger partial charge is 0.259 e. The number of ether oxygens (including phenoxy) is 2. The summed E-state index contributed by atoms with van der Waals surface area (Å²) < 4.78 is 20.3. The first kappa shape index (κ1) is 61.3. The highest BCUT2D eigenvalue weighted by molar-refractivity contribution is 7.28. The van der Waals surface area contributed by atoms with Crippen LogP contribution in [0.15, 0.2) is 107 Å². The number of hydrogen-bond acceptors (Lipinski definition) is 8. The van der Waals surface area contributed by atoms with Crippen molar-refractivity contribution in [1.82, 2.24) is 9.13 Å². The fourth-order valence-electron chi connectivity index (χ4n) is 12.0. The number of thiophene rings is 4. The quantitative estimate of drug-likeness (QED) is 0.0434. The van der Waals surface area contributed by atoms with Crippen LogP contribution >= 0.6 is 45.3 Å². The summed E-state index contributed by atoms with van der Waals surface area (Å²) in [4.78, 5) is 36.7. The summed E-state index contributed by atoms with van der Waals surface area (Å²) in [7, 11) is 3.76. The molecule has 0 amide bonds. The van der Waals surface area contributed by atoms with Gasteiger partial charge in [0.1, 0.15) is 11.5 Å². The van der Waals surface area contributed by atoms with Crippen molar-refractivity contribution in [2.45, 2.75) is 171 Å². The Hall–Kier alpha value is -5.26. The second-order valence-corrected chi connectivity index (χ2v) is 27.5. The number of aromatic nitrogens is 2. The van der Waals surface area contributed by atoms with Crippen LogP contribution in [0.5, 0.6) is 11.5 Å². The van der Waals surface area contributed by atoms with E-state index >= 15 is 4.79 Å². The van der Waals surface area contributed by atoms with E-state index in [1.54, 1.807) is 31.8 Å². The molecule has 10 heteroatoms. The van der Waals surface area contributed by atoms with Gasteiger partial charge in [0.15, 0.2) is 0 Å². The molecule has 6 aromatic heterocycles. The van der Waals surface area contributed by atoms with E-state index in [0.717, 1.165) is 117 Å². The number of benzene rings is 3. The molecule has 9 aromatic rings. The Kier molecular flexibility index (Phi) is 21.7. The molecule has 82 heavy (non-hydrogen) atoms. The number of aryl methyl sites for hydroxylation is 2. The van der Waals surface area contributed by atoms with Crippen LogP contribution in [0, 0.1) is 23.7 Å². The van der Waals surface area contributed by atoms with E-state index in [9.17, 15) is 4.79 Å². The molecule has 4 atom stereocenters. The number of pyridine rings is 2. The maximum absolute atomic E-state index is 15.1. The molecule has 0 radical (unpaired) electrons. The third-order valence-electron chi connectivity index (χ3n) is 17.6. The van der Waals surface area contributed by atoms with Crippen molar-refractivity contribution in [3.05, 3.63) is 129 Å². The molecule has 9 rings (SSSR count). The van der Waals surface area contributed by atoms with Gasteiger partial charge in [0.05, 0.1) is 44.8 Å². The van der Waals surface area contributed by atoms with Gasteiger partial charge in [0.25, 0.3) is 11.1 Å². The van der Waals surface area contributed by atoms with Crippen LogP contribution in [0.25, 0.3) is 82.7 Å². The summed E-state index contributed by atoms with van der Waals surface area (Å²) in [6.45, 7) is 19.7. The molecule has 4 unspecified atom stereocenters. The first-order valence-corrected chi connectivity index (χ1v) is 34.6. The van der Waals surface area contributed by atoms with Gasteiger partial charge >= 0.3 is 0 Å². The Labute approximate surface area is 505 Å². The zero-order valence-electron chi connectivity index (χ0n) is 50.8. The van der Waals surface area contributed by atoms with E-state index in [4.69, 9.17) is 9.47 Å². The molecule has 6 heterocycles. The lowest BCUT2D eigenvalue weighted by Gasteiger charge is -2.19. The maximum atomic E-state index is 15.1. The Morgan fingerprint density at radius 2 is 0.817 bits per heavy atom. The fraction of sp³-hybridized carbons (Fsp3) is 0.472. The van der Waals surface area contributed by atoms with Gasteiger partial charge in [-0.25, -0.2) is 0 Å². The lowest BCUT2D eigenvalue weighted by Crippen LogP contribution is -2.24. The van der Waals surface area contributed by atoms with Gasteiger partial charge in [-0.1, -0.05) is 206 Å². The third-order valence-corrected chi connectivity index (χ3v) is 22.5. The minimum Gasteiger partial charge on any atom is -0.491 e. The Morgan fingerprint density at radius 3 is 1.26 bits per heavy atom. The number of hydrogen-bond donors (Lipinski definition) is 0. The van der Waals surface area contributed by atoms with E-state index in [-0.39, 0.29) is 11.1 Å². The van der Waals surface area contributed by atoms with Crippen molar-refractivity contribution < 1.29 is 9.47 Å². The molecule has 0 aliphatic rings. The zero-order valence-corrected chi connectivity index (χ0v) is 54.1. The summed E-state index contributed by atoms with van der Waals surface area (Å²) in [5, 5.41) is 2.24. The van der Waals surface area contributed by atoms with Crippen LogP contribution in [0.3, 0.4) is 0 Å². The highest BCUT2D eigenvalue weighted by atomic mass is 32.1. The monoisotopic (exact) mass is 1170 g/mol. The van der Waals surface area contributed by atoms with Crippen molar-refractivity contribution in [2.24, 2.45) is 37.8 Å². The maximum Gasteiger partial charge on any atom is 0.259 e. The average molecular weight is 1180 g/mol. The topological polar surface area (TPSA) is 62.5 Å². The van der Waals surface area contributed by atoms with Crippen LogP contribution in [-0.4, -0.2) is 22.3 Å².